The zero-order chi connectivity index (χ0) is 13.3. The number of rotatable bonds is 3. The Morgan fingerprint density at radius 2 is 2.00 bits per heavy atom. The molecule has 0 fully saturated rings. The fraction of sp³-hybridized carbons (Fsp3) is 0.182. The topological polar surface area (TPSA) is 90.0 Å². The van der Waals surface area contributed by atoms with Crippen molar-refractivity contribution >= 4 is 21.4 Å². The Hall–Kier alpha value is -2.02. The lowest BCUT2D eigenvalue weighted by molar-refractivity contribution is 0.601. The van der Waals surface area contributed by atoms with Crippen LogP contribution in [-0.2, 0) is 17.1 Å². The molecule has 0 aliphatic heterocycles. The van der Waals surface area contributed by atoms with Crippen molar-refractivity contribution in [2.24, 2.45) is 7.05 Å². The number of nitrogens with one attached hydrogen (secondary N) is 1. The van der Waals surface area contributed by atoms with Crippen LogP contribution in [0.15, 0.2) is 35.4 Å². The van der Waals surface area contributed by atoms with E-state index in [0.717, 1.165) is 0 Å². The van der Waals surface area contributed by atoms with Crippen molar-refractivity contribution in [1.29, 1.82) is 0 Å². The number of para-hydroxylation sites is 1. The Labute approximate surface area is 105 Å². The summed E-state index contributed by atoms with van der Waals surface area (Å²) in [5.74, 6) is 0. The fourth-order valence-corrected chi connectivity index (χ4v) is 2.86. The quantitative estimate of drug-likeness (QED) is 0.814. The summed E-state index contributed by atoms with van der Waals surface area (Å²) < 4.78 is 28.3. The monoisotopic (exact) mass is 266 g/mol. The van der Waals surface area contributed by atoms with Gasteiger partial charge in [0.05, 0.1) is 17.1 Å². The third kappa shape index (κ3) is 2.30. The minimum atomic E-state index is -3.68. The molecule has 0 atom stereocenters. The molecule has 1 aromatic heterocycles. The summed E-state index contributed by atoms with van der Waals surface area (Å²) in [6.45, 7) is 1.73. The first-order chi connectivity index (χ1) is 8.40. The van der Waals surface area contributed by atoms with Crippen molar-refractivity contribution < 1.29 is 8.42 Å². The van der Waals surface area contributed by atoms with Crippen molar-refractivity contribution in [1.82, 2.24) is 9.78 Å². The molecule has 7 heteroatoms. The van der Waals surface area contributed by atoms with Crippen LogP contribution in [0.5, 0.6) is 0 Å². The molecule has 0 spiro atoms. The molecule has 0 aliphatic carbocycles. The number of aryl methyl sites for hydroxylation is 2. The second kappa shape index (κ2) is 4.34. The van der Waals surface area contributed by atoms with E-state index in [-0.39, 0.29) is 10.6 Å². The van der Waals surface area contributed by atoms with Crippen LogP contribution < -0.4 is 10.5 Å². The number of anilines is 2. The molecular weight excluding hydrogens is 252 g/mol. The number of nitrogens with zero attached hydrogens (tertiary/aromatic N) is 2. The predicted octanol–water partition coefficient (Wildman–Crippen LogP) is 1.11. The second-order valence-electron chi connectivity index (χ2n) is 3.95. The van der Waals surface area contributed by atoms with Gasteiger partial charge in [-0.25, -0.2) is 8.42 Å². The van der Waals surface area contributed by atoms with Crippen molar-refractivity contribution in [2.75, 3.05) is 10.5 Å². The number of sulfonamides is 1. The van der Waals surface area contributed by atoms with Crippen molar-refractivity contribution in [2.45, 2.75) is 11.8 Å². The average molecular weight is 266 g/mol. The molecule has 96 valence electrons. The van der Waals surface area contributed by atoms with E-state index in [2.05, 4.69) is 9.82 Å². The average Bonchev–Trinajstić information content (AvgIpc) is 2.57. The van der Waals surface area contributed by atoms with Gasteiger partial charge in [0.25, 0.3) is 10.0 Å². The highest BCUT2D eigenvalue weighted by Crippen LogP contribution is 2.22. The summed E-state index contributed by atoms with van der Waals surface area (Å²) in [5, 5.41) is 4.07. The number of benzene rings is 1. The molecule has 3 N–H and O–H groups in total. The van der Waals surface area contributed by atoms with Gasteiger partial charge in [0.15, 0.2) is 0 Å². The number of nitrogens with two attached hydrogens (primary N) is 1. The molecule has 0 saturated heterocycles. The SMILES string of the molecule is Cc1nn(C)cc1NS(=O)(=O)c1ccccc1N. The molecule has 0 unspecified atom stereocenters. The fourth-order valence-electron chi connectivity index (χ4n) is 1.62. The summed E-state index contributed by atoms with van der Waals surface area (Å²) in [6.07, 6.45) is 1.60. The van der Waals surface area contributed by atoms with Crippen LogP contribution in [0.2, 0.25) is 0 Å². The Morgan fingerprint density at radius 3 is 2.56 bits per heavy atom. The van der Waals surface area contributed by atoms with Crippen molar-refractivity contribution in [3.8, 4) is 0 Å². The van der Waals surface area contributed by atoms with E-state index in [9.17, 15) is 8.42 Å². The van der Waals surface area contributed by atoms with Gasteiger partial charge in [-0.15, -0.1) is 0 Å². The third-order valence-corrected chi connectivity index (χ3v) is 3.91. The lowest BCUT2D eigenvalue weighted by Gasteiger charge is -2.08. The first kappa shape index (κ1) is 12.4. The standard InChI is InChI=1S/C11H14N4O2S/c1-8-10(7-15(2)13-8)14-18(16,17)11-6-4-3-5-9(11)12/h3-7,14H,12H2,1-2H3. The van der Waals surface area contributed by atoms with E-state index in [1.807, 2.05) is 0 Å². The Balaban J connectivity index is 2.39. The van der Waals surface area contributed by atoms with Crippen LogP contribution in [0.3, 0.4) is 0 Å². The number of hydrogen-bond acceptors (Lipinski definition) is 4. The minimum absolute atomic E-state index is 0.0632. The normalized spacial score (nSPS) is 11.4. The van der Waals surface area contributed by atoms with Gasteiger partial charge in [-0.05, 0) is 19.1 Å². The Morgan fingerprint density at radius 1 is 1.33 bits per heavy atom. The molecule has 0 amide bonds. The maximum Gasteiger partial charge on any atom is 0.264 e. The predicted molar refractivity (Wildman–Crippen MR) is 69.6 cm³/mol. The van der Waals surface area contributed by atoms with Crippen LogP contribution in [0, 0.1) is 6.92 Å². The van der Waals surface area contributed by atoms with Gasteiger partial charge < -0.3 is 5.73 Å². The van der Waals surface area contributed by atoms with Gasteiger partial charge >= 0.3 is 0 Å². The maximum atomic E-state index is 12.2. The molecule has 0 bridgehead atoms. The zero-order valence-electron chi connectivity index (χ0n) is 10.1. The van der Waals surface area contributed by atoms with Crippen LogP contribution in [0.25, 0.3) is 0 Å². The van der Waals surface area contributed by atoms with Crippen LogP contribution >= 0.6 is 0 Å². The van der Waals surface area contributed by atoms with Gasteiger partial charge in [-0.1, -0.05) is 12.1 Å². The summed E-state index contributed by atoms with van der Waals surface area (Å²) in [4.78, 5) is 0.0632. The summed E-state index contributed by atoms with van der Waals surface area (Å²) in [7, 11) is -1.96. The van der Waals surface area contributed by atoms with Gasteiger partial charge in [-0.3, -0.25) is 9.40 Å². The highest BCUT2D eigenvalue weighted by Gasteiger charge is 2.18. The third-order valence-electron chi connectivity index (χ3n) is 2.47. The van der Waals surface area contributed by atoms with Gasteiger partial charge in [0.2, 0.25) is 0 Å². The number of aromatic nitrogens is 2. The number of hydrogen-bond donors (Lipinski definition) is 2. The lowest BCUT2D eigenvalue weighted by atomic mass is 10.3. The molecule has 0 saturated carbocycles. The molecule has 6 nitrogen and oxygen atoms in total. The highest BCUT2D eigenvalue weighted by molar-refractivity contribution is 7.92. The van der Waals surface area contributed by atoms with Crippen LogP contribution in [0.4, 0.5) is 11.4 Å². The maximum absolute atomic E-state index is 12.2. The van der Waals surface area contributed by atoms with Crippen LogP contribution in [-0.4, -0.2) is 18.2 Å². The van der Waals surface area contributed by atoms with E-state index >= 15 is 0 Å². The van der Waals surface area contributed by atoms with E-state index < -0.39 is 10.0 Å². The summed E-state index contributed by atoms with van der Waals surface area (Å²) >= 11 is 0. The van der Waals surface area contributed by atoms with E-state index in [4.69, 9.17) is 5.73 Å². The highest BCUT2D eigenvalue weighted by atomic mass is 32.2. The Kier molecular flexibility index (Phi) is 3.00. The lowest BCUT2D eigenvalue weighted by Crippen LogP contribution is -2.14. The molecule has 0 aliphatic rings. The molecule has 18 heavy (non-hydrogen) atoms. The minimum Gasteiger partial charge on any atom is -0.398 e. The largest absolute Gasteiger partial charge is 0.398 e. The van der Waals surface area contributed by atoms with E-state index in [0.29, 0.717) is 11.4 Å². The molecule has 0 radical (unpaired) electrons. The van der Waals surface area contributed by atoms with Crippen molar-refractivity contribution in [3.05, 3.63) is 36.2 Å². The first-order valence-corrected chi connectivity index (χ1v) is 6.76. The van der Waals surface area contributed by atoms with Crippen LogP contribution in [0.1, 0.15) is 5.69 Å². The molecule has 2 rings (SSSR count). The summed E-state index contributed by atoms with van der Waals surface area (Å²) in [5.41, 5.74) is 6.93. The first-order valence-electron chi connectivity index (χ1n) is 5.28. The van der Waals surface area contributed by atoms with Gasteiger partial charge in [0.1, 0.15) is 4.90 Å². The van der Waals surface area contributed by atoms with E-state index in [1.165, 1.54) is 6.07 Å². The second-order valence-corrected chi connectivity index (χ2v) is 5.60. The number of nitrogen functional groups attached to an aromatic ring is 1. The van der Waals surface area contributed by atoms with Crippen molar-refractivity contribution in [3.63, 3.8) is 0 Å². The molecule has 2 aromatic rings. The van der Waals surface area contributed by atoms with Gasteiger partial charge in [0, 0.05) is 13.2 Å². The molecule has 1 heterocycles. The smallest absolute Gasteiger partial charge is 0.264 e. The van der Waals surface area contributed by atoms with E-state index in [1.54, 1.807) is 43.0 Å². The zero-order valence-corrected chi connectivity index (χ0v) is 10.9. The molecular formula is C11H14N4O2S. The Bertz CT molecular complexity index is 676. The summed E-state index contributed by atoms with van der Waals surface area (Å²) in [6, 6.07) is 6.32. The molecule has 1 aromatic carbocycles. The van der Waals surface area contributed by atoms with Gasteiger partial charge in [-0.2, -0.15) is 5.10 Å².